The van der Waals surface area contributed by atoms with E-state index in [0.29, 0.717) is 17.0 Å². The van der Waals surface area contributed by atoms with E-state index in [1.54, 1.807) is 13.8 Å². The van der Waals surface area contributed by atoms with Crippen molar-refractivity contribution in [3.63, 3.8) is 0 Å². The van der Waals surface area contributed by atoms with Gasteiger partial charge in [0.1, 0.15) is 5.82 Å². The van der Waals surface area contributed by atoms with E-state index in [9.17, 15) is 4.39 Å². The van der Waals surface area contributed by atoms with Crippen molar-refractivity contribution in [1.29, 1.82) is 0 Å². The van der Waals surface area contributed by atoms with Gasteiger partial charge in [-0.2, -0.15) is 0 Å². The van der Waals surface area contributed by atoms with E-state index < -0.39 is 0 Å². The molecule has 1 saturated carbocycles. The Kier molecular flexibility index (Phi) is 3.02. The Balaban J connectivity index is 2.25. The lowest BCUT2D eigenvalue weighted by Gasteiger charge is -2.21. The van der Waals surface area contributed by atoms with Crippen molar-refractivity contribution in [2.24, 2.45) is 17.6 Å². The normalized spacial score (nSPS) is 19.6. The van der Waals surface area contributed by atoms with E-state index >= 15 is 0 Å². The van der Waals surface area contributed by atoms with E-state index in [4.69, 9.17) is 5.73 Å². The molecule has 88 valence electrons. The van der Waals surface area contributed by atoms with Crippen LogP contribution in [0.2, 0.25) is 0 Å². The molecule has 0 aliphatic heterocycles. The van der Waals surface area contributed by atoms with Gasteiger partial charge in [0.05, 0.1) is 0 Å². The first-order valence-electron chi connectivity index (χ1n) is 6.03. The Morgan fingerprint density at radius 3 is 2.19 bits per heavy atom. The highest BCUT2D eigenvalue weighted by Crippen LogP contribution is 2.42. The van der Waals surface area contributed by atoms with Gasteiger partial charge >= 0.3 is 0 Å². The van der Waals surface area contributed by atoms with Gasteiger partial charge < -0.3 is 5.73 Å². The Bertz CT molecular complexity index is 373. The maximum absolute atomic E-state index is 13.5. The molecule has 1 aromatic rings. The Hall–Kier alpha value is -0.890. The Morgan fingerprint density at radius 1 is 1.25 bits per heavy atom. The minimum Gasteiger partial charge on any atom is -0.324 e. The molecule has 0 amide bonds. The van der Waals surface area contributed by atoms with Crippen LogP contribution in [0.25, 0.3) is 0 Å². The van der Waals surface area contributed by atoms with Crippen molar-refractivity contribution >= 4 is 0 Å². The van der Waals surface area contributed by atoms with E-state index in [1.807, 2.05) is 12.1 Å². The molecule has 16 heavy (non-hydrogen) atoms. The summed E-state index contributed by atoms with van der Waals surface area (Å²) in [6.45, 7) is 5.82. The molecule has 1 fully saturated rings. The lowest BCUT2D eigenvalue weighted by molar-refractivity contribution is 0.416. The van der Waals surface area contributed by atoms with Crippen LogP contribution in [0.15, 0.2) is 12.1 Å². The fourth-order valence-corrected chi connectivity index (χ4v) is 2.39. The lowest BCUT2D eigenvalue weighted by atomic mass is 9.89. The number of aryl methyl sites for hydroxylation is 2. The highest BCUT2D eigenvalue weighted by atomic mass is 19.1. The van der Waals surface area contributed by atoms with Crippen LogP contribution in [-0.4, -0.2) is 0 Å². The van der Waals surface area contributed by atoms with Gasteiger partial charge in [-0.1, -0.05) is 19.1 Å². The third-order valence-corrected chi connectivity index (χ3v) is 3.78. The minimum absolute atomic E-state index is 0.0468. The van der Waals surface area contributed by atoms with Crippen LogP contribution in [0.3, 0.4) is 0 Å². The molecule has 0 saturated heterocycles. The molecule has 2 rings (SSSR count). The third-order valence-electron chi connectivity index (χ3n) is 3.78. The van der Waals surface area contributed by atoms with E-state index in [2.05, 4.69) is 6.92 Å². The van der Waals surface area contributed by atoms with Gasteiger partial charge in [0.2, 0.25) is 0 Å². The number of hydrogen-bond donors (Lipinski definition) is 1. The molecule has 2 unspecified atom stereocenters. The highest BCUT2D eigenvalue weighted by Gasteiger charge is 2.32. The fraction of sp³-hybridized carbons (Fsp3) is 0.571. The summed E-state index contributed by atoms with van der Waals surface area (Å²) in [4.78, 5) is 0. The van der Waals surface area contributed by atoms with E-state index in [1.165, 1.54) is 12.8 Å². The Labute approximate surface area is 96.9 Å². The van der Waals surface area contributed by atoms with Crippen LogP contribution in [0.4, 0.5) is 4.39 Å². The van der Waals surface area contributed by atoms with Crippen molar-refractivity contribution in [2.45, 2.75) is 39.7 Å². The summed E-state index contributed by atoms with van der Waals surface area (Å²) >= 11 is 0. The summed E-state index contributed by atoms with van der Waals surface area (Å²) in [5.41, 5.74) is 8.73. The highest BCUT2D eigenvalue weighted by molar-refractivity contribution is 5.32. The zero-order valence-electron chi connectivity index (χ0n) is 10.3. The second-order valence-corrected chi connectivity index (χ2v) is 5.19. The number of benzene rings is 1. The molecule has 0 heterocycles. The number of nitrogens with two attached hydrogens (primary N) is 1. The van der Waals surface area contributed by atoms with Crippen molar-refractivity contribution < 1.29 is 4.39 Å². The van der Waals surface area contributed by atoms with Crippen LogP contribution >= 0.6 is 0 Å². The summed E-state index contributed by atoms with van der Waals surface area (Å²) in [5, 5.41) is 0. The van der Waals surface area contributed by atoms with Gasteiger partial charge in [-0.3, -0.25) is 0 Å². The molecule has 2 heteroatoms. The SMILES string of the molecule is Cc1cc(C(N)C(C)C2CC2)cc(C)c1F. The molecule has 0 spiro atoms. The summed E-state index contributed by atoms with van der Waals surface area (Å²) in [5.74, 6) is 1.18. The summed E-state index contributed by atoms with van der Waals surface area (Å²) in [6, 6.07) is 3.84. The first kappa shape index (κ1) is 11.6. The van der Waals surface area contributed by atoms with Gasteiger partial charge in [-0.15, -0.1) is 0 Å². The summed E-state index contributed by atoms with van der Waals surface area (Å²) in [6.07, 6.45) is 2.60. The predicted octanol–water partition coefficient (Wildman–Crippen LogP) is 3.49. The van der Waals surface area contributed by atoms with Crippen molar-refractivity contribution in [1.82, 2.24) is 0 Å². The predicted molar refractivity (Wildman–Crippen MR) is 64.7 cm³/mol. The van der Waals surface area contributed by atoms with Gasteiger partial charge in [-0.05, 0) is 55.2 Å². The molecular weight excluding hydrogens is 201 g/mol. The van der Waals surface area contributed by atoms with Gasteiger partial charge in [0, 0.05) is 6.04 Å². The standard InChI is InChI=1S/C14H20FN/c1-8-6-12(7-9(2)13(8)15)14(16)10(3)11-4-5-11/h6-7,10-11,14H,4-5,16H2,1-3H3. The van der Waals surface area contributed by atoms with Crippen LogP contribution in [0, 0.1) is 31.5 Å². The molecule has 0 bridgehead atoms. The zero-order valence-corrected chi connectivity index (χ0v) is 10.3. The first-order valence-corrected chi connectivity index (χ1v) is 6.03. The molecule has 1 aromatic carbocycles. The van der Waals surface area contributed by atoms with Crippen LogP contribution in [0.1, 0.15) is 42.5 Å². The zero-order chi connectivity index (χ0) is 11.9. The maximum atomic E-state index is 13.5. The topological polar surface area (TPSA) is 26.0 Å². The van der Waals surface area contributed by atoms with Gasteiger partial charge in [0.25, 0.3) is 0 Å². The van der Waals surface area contributed by atoms with Gasteiger partial charge in [-0.25, -0.2) is 4.39 Å². The van der Waals surface area contributed by atoms with E-state index in [0.717, 1.165) is 11.5 Å². The number of hydrogen-bond acceptors (Lipinski definition) is 1. The molecule has 1 nitrogen and oxygen atoms in total. The Morgan fingerprint density at radius 2 is 1.75 bits per heavy atom. The largest absolute Gasteiger partial charge is 0.324 e. The number of halogens is 1. The third kappa shape index (κ3) is 2.12. The van der Waals surface area contributed by atoms with Crippen LogP contribution < -0.4 is 5.73 Å². The molecule has 1 aliphatic carbocycles. The maximum Gasteiger partial charge on any atom is 0.129 e. The summed E-state index contributed by atoms with van der Waals surface area (Å²) < 4.78 is 13.5. The molecular formula is C14H20FN. The van der Waals surface area contributed by atoms with E-state index in [-0.39, 0.29) is 11.9 Å². The molecule has 0 aromatic heterocycles. The second-order valence-electron chi connectivity index (χ2n) is 5.19. The smallest absolute Gasteiger partial charge is 0.129 e. The fourth-order valence-electron chi connectivity index (χ4n) is 2.39. The molecule has 0 radical (unpaired) electrons. The average Bonchev–Trinajstić information content (AvgIpc) is 3.06. The minimum atomic E-state index is -0.102. The van der Waals surface area contributed by atoms with Crippen molar-refractivity contribution in [2.75, 3.05) is 0 Å². The average molecular weight is 221 g/mol. The van der Waals surface area contributed by atoms with Crippen LogP contribution in [-0.2, 0) is 0 Å². The molecule has 1 aliphatic rings. The lowest BCUT2D eigenvalue weighted by Crippen LogP contribution is -2.21. The molecule has 2 atom stereocenters. The van der Waals surface area contributed by atoms with Gasteiger partial charge in [0.15, 0.2) is 0 Å². The monoisotopic (exact) mass is 221 g/mol. The van der Waals surface area contributed by atoms with Crippen molar-refractivity contribution in [3.8, 4) is 0 Å². The number of rotatable bonds is 3. The summed E-state index contributed by atoms with van der Waals surface area (Å²) in [7, 11) is 0. The molecule has 2 N–H and O–H groups in total. The quantitative estimate of drug-likeness (QED) is 0.830. The first-order chi connectivity index (χ1) is 7.50. The van der Waals surface area contributed by atoms with Crippen LogP contribution in [0.5, 0.6) is 0 Å². The van der Waals surface area contributed by atoms with Crippen molar-refractivity contribution in [3.05, 3.63) is 34.6 Å². The second kappa shape index (κ2) is 4.17.